The van der Waals surface area contributed by atoms with Crippen LogP contribution in [-0.4, -0.2) is 47.1 Å². The van der Waals surface area contributed by atoms with Gasteiger partial charge in [-0.1, -0.05) is 36.2 Å². The molecular weight excluding hydrogens is 462 g/mol. The van der Waals surface area contributed by atoms with Crippen LogP contribution in [0.1, 0.15) is 43.4 Å². The van der Waals surface area contributed by atoms with E-state index in [9.17, 15) is 19.8 Å². The highest BCUT2D eigenvalue weighted by Gasteiger charge is 2.59. The van der Waals surface area contributed by atoms with Gasteiger partial charge in [0.05, 0.1) is 12.7 Å². The number of hydrogen-bond acceptors (Lipinski definition) is 7. The zero-order valence-electron chi connectivity index (χ0n) is 18.8. The van der Waals surface area contributed by atoms with E-state index in [4.69, 9.17) is 25.8 Å². The van der Waals surface area contributed by atoms with Crippen LogP contribution in [0.5, 0.6) is 11.5 Å². The maximum atomic E-state index is 12.6. The van der Waals surface area contributed by atoms with Crippen molar-refractivity contribution in [3.63, 3.8) is 0 Å². The third-order valence-electron chi connectivity index (χ3n) is 6.18. The first-order chi connectivity index (χ1) is 16.3. The largest absolute Gasteiger partial charge is 0.475 e. The van der Waals surface area contributed by atoms with Crippen molar-refractivity contribution < 1.29 is 34.0 Å². The molecule has 2 aliphatic rings. The lowest BCUT2D eigenvalue weighted by Crippen LogP contribution is -2.55. The van der Waals surface area contributed by atoms with Gasteiger partial charge in [0.2, 0.25) is 0 Å². The highest BCUT2D eigenvalue weighted by atomic mass is 35.5. The molecule has 0 aromatic heterocycles. The van der Waals surface area contributed by atoms with E-state index in [1.54, 1.807) is 36.4 Å². The van der Waals surface area contributed by atoms with Gasteiger partial charge in [0.15, 0.2) is 11.5 Å². The van der Waals surface area contributed by atoms with Crippen LogP contribution in [0, 0.1) is 5.92 Å². The quantitative estimate of drug-likeness (QED) is 0.343. The average molecular weight is 490 g/mol. The normalized spacial score (nSPS) is 20.9. The van der Waals surface area contributed by atoms with Crippen LogP contribution in [0.4, 0.5) is 0 Å². The number of carbonyl (C=O) groups is 2. The molecule has 1 aliphatic carbocycles. The molecule has 0 saturated heterocycles. The molecule has 9 heteroatoms. The van der Waals surface area contributed by atoms with Crippen molar-refractivity contribution in [1.82, 2.24) is 5.32 Å². The number of halogens is 1. The van der Waals surface area contributed by atoms with Gasteiger partial charge in [-0.15, -0.1) is 0 Å². The summed E-state index contributed by atoms with van der Waals surface area (Å²) < 4.78 is 16.2. The molecule has 1 fully saturated rings. The number of carboxylic acid groups (broad SMARTS) is 1. The Kier molecular flexibility index (Phi) is 7.30. The second-order valence-corrected chi connectivity index (χ2v) is 9.32. The lowest BCUT2D eigenvalue weighted by atomic mass is 9.86. The Morgan fingerprint density at radius 1 is 1.21 bits per heavy atom. The molecule has 0 bridgehead atoms. The number of aliphatic hydroxyl groups is 1. The van der Waals surface area contributed by atoms with Gasteiger partial charge < -0.3 is 29.7 Å². The predicted octanol–water partition coefficient (Wildman–Crippen LogP) is 3.49. The molecule has 34 heavy (non-hydrogen) atoms. The molecule has 3 unspecified atom stereocenters. The summed E-state index contributed by atoms with van der Waals surface area (Å²) in [6, 6.07) is 12.1. The second kappa shape index (κ2) is 10.2. The molecule has 0 amide bonds. The number of benzene rings is 2. The summed E-state index contributed by atoms with van der Waals surface area (Å²) in [5.74, 6) is -4.55. The highest BCUT2D eigenvalue weighted by molar-refractivity contribution is 6.30. The Balaban J connectivity index is 1.35. The van der Waals surface area contributed by atoms with Crippen molar-refractivity contribution in [1.29, 1.82) is 0 Å². The van der Waals surface area contributed by atoms with Crippen molar-refractivity contribution in [2.24, 2.45) is 5.92 Å². The number of carboxylic acids is 1. The van der Waals surface area contributed by atoms with Gasteiger partial charge in [0.25, 0.3) is 0 Å². The molecule has 4 rings (SSSR count). The van der Waals surface area contributed by atoms with E-state index in [1.807, 2.05) is 13.0 Å². The second-order valence-electron chi connectivity index (χ2n) is 8.89. The average Bonchev–Trinajstić information content (AvgIpc) is 3.17. The maximum absolute atomic E-state index is 12.6. The van der Waals surface area contributed by atoms with Gasteiger partial charge >= 0.3 is 17.7 Å². The molecule has 0 radical (unpaired) electrons. The van der Waals surface area contributed by atoms with Crippen molar-refractivity contribution in [3.05, 3.63) is 58.6 Å². The van der Waals surface area contributed by atoms with E-state index < -0.39 is 23.8 Å². The van der Waals surface area contributed by atoms with Crippen LogP contribution in [0.25, 0.3) is 0 Å². The van der Waals surface area contributed by atoms with Gasteiger partial charge in [0, 0.05) is 17.6 Å². The first kappa shape index (κ1) is 24.3. The summed E-state index contributed by atoms with van der Waals surface area (Å²) in [6.45, 7) is 2.46. The first-order valence-electron chi connectivity index (χ1n) is 11.4. The van der Waals surface area contributed by atoms with E-state index in [-0.39, 0.29) is 30.1 Å². The Morgan fingerprint density at radius 2 is 1.97 bits per heavy atom. The molecule has 2 aromatic carbocycles. The van der Waals surface area contributed by atoms with Gasteiger partial charge in [-0.3, -0.25) is 0 Å². The van der Waals surface area contributed by atoms with Crippen LogP contribution in [-0.2, 0) is 20.7 Å². The molecule has 8 nitrogen and oxygen atoms in total. The minimum Gasteiger partial charge on any atom is -0.475 e. The van der Waals surface area contributed by atoms with E-state index in [1.165, 1.54) is 0 Å². The summed E-state index contributed by atoms with van der Waals surface area (Å²) in [5, 5.41) is 23.9. The van der Waals surface area contributed by atoms with Crippen LogP contribution < -0.4 is 14.8 Å². The lowest BCUT2D eigenvalue weighted by Gasteiger charge is -2.26. The summed E-state index contributed by atoms with van der Waals surface area (Å²) in [4.78, 5) is 24.5. The summed E-state index contributed by atoms with van der Waals surface area (Å²) in [6.07, 6.45) is 2.87. The van der Waals surface area contributed by atoms with Crippen LogP contribution in [0.3, 0.4) is 0 Å². The minimum atomic E-state index is -2.53. The molecule has 182 valence electrons. The molecule has 1 heterocycles. The van der Waals surface area contributed by atoms with E-state index in [0.717, 1.165) is 30.4 Å². The number of aliphatic hydroxyl groups excluding tert-OH is 1. The molecule has 1 aliphatic heterocycles. The van der Waals surface area contributed by atoms with Gasteiger partial charge in [-0.2, -0.15) is 0 Å². The fraction of sp³-hybridized carbons (Fsp3) is 0.440. The number of aliphatic carboxylic acids is 1. The first-order valence-corrected chi connectivity index (χ1v) is 11.7. The maximum Gasteiger partial charge on any atom is 0.453 e. The summed E-state index contributed by atoms with van der Waals surface area (Å²) in [7, 11) is 0. The van der Waals surface area contributed by atoms with E-state index in [0.29, 0.717) is 18.0 Å². The molecule has 3 atom stereocenters. The summed E-state index contributed by atoms with van der Waals surface area (Å²) >= 11 is 5.99. The predicted molar refractivity (Wildman–Crippen MR) is 124 cm³/mol. The minimum absolute atomic E-state index is 0.00845. The number of esters is 1. The third kappa shape index (κ3) is 5.29. The topological polar surface area (TPSA) is 114 Å². The molecule has 1 saturated carbocycles. The standard InChI is InChI=1S/C25H28ClNO7/c1-15(27-13-20(28)18-6-3-7-19(26)12-18)10-17-8-9-21-22(11-17)34-25(33-21,23(29)30)24(31)32-14-16-4-2-5-16/h3,6-9,11-12,15-16,20,27-28H,2,4-5,10,13-14H2,1H3,(H,29,30). The zero-order chi connectivity index (χ0) is 24.3. The fourth-order valence-electron chi connectivity index (χ4n) is 3.95. The Hall–Kier alpha value is -2.81. The van der Waals surface area contributed by atoms with Gasteiger partial charge in [-0.05, 0) is 67.5 Å². The number of fused-ring (bicyclic) bond motifs is 1. The van der Waals surface area contributed by atoms with Crippen LogP contribution >= 0.6 is 11.6 Å². The Bertz CT molecular complexity index is 1060. The van der Waals surface area contributed by atoms with Crippen molar-refractivity contribution in [3.8, 4) is 11.5 Å². The number of nitrogens with one attached hydrogen (secondary N) is 1. The zero-order valence-corrected chi connectivity index (χ0v) is 19.6. The van der Waals surface area contributed by atoms with Crippen LogP contribution in [0.15, 0.2) is 42.5 Å². The lowest BCUT2D eigenvalue weighted by molar-refractivity contribution is -0.200. The molecule has 3 N–H and O–H groups in total. The van der Waals surface area contributed by atoms with E-state index in [2.05, 4.69) is 5.32 Å². The molecular formula is C25H28ClNO7. The Morgan fingerprint density at radius 3 is 2.65 bits per heavy atom. The number of rotatable bonds is 10. The summed E-state index contributed by atoms with van der Waals surface area (Å²) in [5.41, 5.74) is 1.58. The highest BCUT2D eigenvalue weighted by Crippen LogP contribution is 2.41. The van der Waals surface area contributed by atoms with Crippen molar-refractivity contribution in [2.45, 2.75) is 50.5 Å². The number of hydrogen-bond donors (Lipinski definition) is 3. The van der Waals surface area contributed by atoms with Crippen molar-refractivity contribution in [2.75, 3.05) is 13.2 Å². The van der Waals surface area contributed by atoms with Gasteiger partial charge in [0.1, 0.15) is 0 Å². The molecule has 0 spiro atoms. The Labute approximate surface area is 202 Å². The van der Waals surface area contributed by atoms with Crippen LogP contribution in [0.2, 0.25) is 5.02 Å². The van der Waals surface area contributed by atoms with E-state index >= 15 is 0 Å². The third-order valence-corrected chi connectivity index (χ3v) is 6.41. The van der Waals surface area contributed by atoms with Crippen molar-refractivity contribution >= 4 is 23.5 Å². The van der Waals surface area contributed by atoms with Gasteiger partial charge in [-0.25, -0.2) is 9.59 Å². The monoisotopic (exact) mass is 489 g/mol. The number of carbonyl (C=O) groups excluding carboxylic acids is 1. The SMILES string of the molecule is CC(Cc1ccc2c(c1)OC(C(=O)O)(C(=O)OCC1CCC1)O2)NCC(O)c1cccc(Cl)c1. The number of ether oxygens (including phenoxy) is 3. The fourth-order valence-corrected chi connectivity index (χ4v) is 4.15. The smallest absolute Gasteiger partial charge is 0.453 e. The molecule has 2 aromatic rings.